The average molecular weight is 399 g/mol. The number of methoxy groups -OCH3 is 1. The highest BCUT2D eigenvalue weighted by Crippen LogP contribution is 2.20. The first kappa shape index (κ1) is 17.5. The van der Waals surface area contributed by atoms with Crippen LogP contribution in [0.15, 0.2) is 51.8 Å². The Morgan fingerprint density at radius 1 is 1.22 bits per heavy atom. The van der Waals surface area contributed by atoms with Crippen LogP contribution in [0.5, 0.6) is 5.75 Å². The molecule has 8 heteroatoms. The Hall–Kier alpha value is -1.90. The normalized spacial score (nSPS) is 11.1. The summed E-state index contributed by atoms with van der Waals surface area (Å²) in [6.07, 6.45) is 0. The SMILES string of the molecule is COc1ccc(CNC(=O)c2cc(S(N)(=O)=O)ccc2Br)cc1. The van der Waals surface area contributed by atoms with Crippen molar-refractivity contribution >= 4 is 31.9 Å². The summed E-state index contributed by atoms with van der Waals surface area (Å²) in [4.78, 5) is 12.1. The van der Waals surface area contributed by atoms with E-state index >= 15 is 0 Å². The van der Waals surface area contributed by atoms with E-state index in [1.165, 1.54) is 18.2 Å². The van der Waals surface area contributed by atoms with E-state index in [0.29, 0.717) is 11.0 Å². The van der Waals surface area contributed by atoms with E-state index in [9.17, 15) is 13.2 Å². The number of carbonyl (C=O) groups excluding carboxylic acids is 1. The first-order valence-corrected chi connectivity index (χ1v) is 8.88. The van der Waals surface area contributed by atoms with Crippen LogP contribution in [0.2, 0.25) is 0 Å². The molecule has 23 heavy (non-hydrogen) atoms. The van der Waals surface area contributed by atoms with Gasteiger partial charge < -0.3 is 10.1 Å². The van der Waals surface area contributed by atoms with Gasteiger partial charge in [-0.2, -0.15) is 0 Å². The number of rotatable bonds is 5. The predicted octanol–water partition coefficient (Wildman–Crippen LogP) is 2.04. The number of halogens is 1. The van der Waals surface area contributed by atoms with Crippen molar-refractivity contribution in [2.24, 2.45) is 5.14 Å². The molecule has 0 aromatic heterocycles. The van der Waals surface area contributed by atoms with Crippen molar-refractivity contribution < 1.29 is 17.9 Å². The predicted molar refractivity (Wildman–Crippen MR) is 89.7 cm³/mol. The number of nitrogens with one attached hydrogen (secondary N) is 1. The Bertz CT molecular complexity index is 820. The first-order chi connectivity index (χ1) is 10.8. The van der Waals surface area contributed by atoms with E-state index in [0.717, 1.165) is 11.3 Å². The molecule has 0 bridgehead atoms. The summed E-state index contributed by atoms with van der Waals surface area (Å²) >= 11 is 3.23. The lowest BCUT2D eigenvalue weighted by atomic mass is 10.2. The summed E-state index contributed by atoms with van der Waals surface area (Å²) in [6, 6.07) is 11.3. The number of hydrogen-bond donors (Lipinski definition) is 2. The molecule has 0 radical (unpaired) electrons. The van der Waals surface area contributed by atoms with Gasteiger partial charge in [0, 0.05) is 11.0 Å². The zero-order chi connectivity index (χ0) is 17.0. The number of sulfonamides is 1. The molecule has 122 valence electrons. The van der Waals surface area contributed by atoms with E-state index in [1.54, 1.807) is 19.2 Å². The summed E-state index contributed by atoms with van der Waals surface area (Å²) in [5.41, 5.74) is 1.09. The molecular formula is C15H15BrN2O4S. The Morgan fingerprint density at radius 2 is 1.87 bits per heavy atom. The lowest BCUT2D eigenvalue weighted by Gasteiger charge is -2.09. The second-order valence-electron chi connectivity index (χ2n) is 4.72. The van der Waals surface area contributed by atoms with Gasteiger partial charge in [-0.15, -0.1) is 0 Å². The van der Waals surface area contributed by atoms with Gasteiger partial charge >= 0.3 is 0 Å². The fourth-order valence-electron chi connectivity index (χ4n) is 1.88. The van der Waals surface area contributed by atoms with Crippen LogP contribution < -0.4 is 15.2 Å². The summed E-state index contributed by atoms with van der Waals surface area (Å²) in [7, 11) is -2.29. The van der Waals surface area contributed by atoms with Crippen LogP contribution in [-0.4, -0.2) is 21.4 Å². The van der Waals surface area contributed by atoms with E-state index in [4.69, 9.17) is 9.88 Å². The summed E-state index contributed by atoms with van der Waals surface area (Å²) in [5, 5.41) is 7.81. The number of primary sulfonamides is 1. The van der Waals surface area contributed by atoms with E-state index in [-0.39, 0.29) is 10.5 Å². The average Bonchev–Trinajstić information content (AvgIpc) is 2.52. The van der Waals surface area contributed by atoms with Crippen LogP contribution >= 0.6 is 15.9 Å². The topological polar surface area (TPSA) is 98.5 Å². The van der Waals surface area contributed by atoms with Crippen molar-refractivity contribution in [3.05, 3.63) is 58.1 Å². The van der Waals surface area contributed by atoms with Crippen molar-refractivity contribution in [1.29, 1.82) is 0 Å². The summed E-state index contributed by atoms with van der Waals surface area (Å²) < 4.78 is 28.3. The van der Waals surface area contributed by atoms with Crippen molar-refractivity contribution in [3.63, 3.8) is 0 Å². The largest absolute Gasteiger partial charge is 0.497 e. The van der Waals surface area contributed by atoms with Crippen molar-refractivity contribution in [1.82, 2.24) is 5.32 Å². The molecule has 0 saturated carbocycles. The Balaban J connectivity index is 2.14. The minimum absolute atomic E-state index is 0.115. The molecule has 0 fully saturated rings. The number of hydrogen-bond acceptors (Lipinski definition) is 4. The molecule has 6 nitrogen and oxygen atoms in total. The maximum Gasteiger partial charge on any atom is 0.252 e. The lowest BCUT2D eigenvalue weighted by molar-refractivity contribution is 0.0950. The minimum Gasteiger partial charge on any atom is -0.497 e. The highest BCUT2D eigenvalue weighted by molar-refractivity contribution is 9.10. The van der Waals surface area contributed by atoms with Crippen LogP contribution in [0.25, 0.3) is 0 Å². The van der Waals surface area contributed by atoms with Gasteiger partial charge in [0.15, 0.2) is 0 Å². The molecule has 0 atom stereocenters. The van der Waals surface area contributed by atoms with Gasteiger partial charge in [0.25, 0.3) is 5.91 Å². The third-order valence-corrected chi connectivity index (χ3v) is 4.73. The fourth-order valence-corrected chi connectivity index (χ4v) is 2.84. The quantitative estimate of drug-likeness (QED) is 0.804. The smallest absolute Gasteiger partial charge is 0.252 e. The van der Waals surface area contributed by atoms with Crippen LogP contribution in [0, 0.1) is 0 Å². The number of amides is 1. The zero-order valence-corrected chi connectivity index (χ0v) is 14.6. The van der Waals surface area contributed by atoms with E-state index in [1.807, 2.05) is 12.1 Å². The molecule has 0 spiro atoms. The third-order valence-electron chi connectivity index (χ3n) is 3.12. The molecule has 2 rings (SSSR count). The fraction of sp³-hybridized carbons (Fsp3) is 0.133. The van der Waals surface area contributed by atoms with Crippen LogP contribution in [0.3, 0.4) is 0 Å². The first-order valence-electron chi connectivity index (χ1n) is 6.55. The molecule has 0 unspecified atom stereocenters. The molecular weight excluding hydrogens is 384 g/mol. The van der Waals surface area contributed by atoms with Gasteiger partial charge in [-0.25, -0.2) is 13.6 Å². The molecule has 0 saturated heterocycles. The van der Waals surface area contributed by atoms with E-state index < -0.39 is 15.9 Å². The summed E-state index contributed by atoms with van der Waals surface area (Å²) in [5.74, 6) is 0.321. The van der Waals surface area contributed by atoms with Gasteiger partial charge in [-0.3, -0.25) is 4.79 Å². The standard InChI is InChI=1S/C15H15BrN2O4S/c1-22-11-4-2-10(3-5-11)9-18-15(19)13-8-12(23(17,20)21)6-7-14(13)16/h2-8H,9H2,1H3,(H,18,19)(H2,17,20,21). The Kier molecular flexibility index (Phi) is 5.40. The second kappa shape index (κ2) is 7.12. The van der Waals surface area contributed by atoms with Crippen molar-refractivity contribution in [3.8, 4) is 5.75 Å². The maximum absolute atomic E-state index is 12.2. The molecule has 0 aliphatic rings. The highest BCUT2D eigenvalue weighted by Gasteiger charge is 2.15. The molecule has 0 aliphatic heterocycles. The number of ether oxygens (including phenoxy) is 1. The summed E-state index contributed by atoms with van der Waals surface area (Å²) in [6.45, 7) is 0.300. The van der Waals surface area contributed by atoms with Crippen molar-refractivity contribution in [2.45, 2.75) is 11.4 Å². The molecule has 1 amide bonds. The monoisotopic (exact) mass is 398 g/mol. The molecule has 3 N–H and O–H groups in total. The third kappa shape index (κ3) is 4.54. The zero-order valence-electron chi connectivity index (χ0n) is 12.2. The van der Waals surface area contributed by atoms with Crippen LogP contribution in [0.1, 0.15) is 15.9 Å². The van der Waals surface area contributed by atoms with Gasteiger partial charge in [-0.1, -0.05) is 12.1 Å². The van der Waals surface area contributed by atoms with Gasteiger partial charge in [0.1, 0.15) is 5.75 Å². The Morgan fingerprint density at radius 3 is 2.43 bits per heavy atom. The number of carbonyl (C=O) groups is 1. The molecule has 0 heterocycles. The minimum atomic E-state index is -3.87. The highest BCUT2D eigenvalue weighted by atomic mass is 79.9. The van der Waals surface area contributed by atoms with Gasteiger partial charge in [-0.05, 0) is 51.8 Å². The Labute approximate surface area is 142 Å². The number of nitrogens with two attached hydrogens (primary N) is 1. The second-order valence-corrected chi connectivity index (χ2v) is 7.13. The molecule has 2 aromatic carbocycles. The maximum atomic E-state index is 12.2. The molecule has 0 aliphatic carbocycles. The molecule has 2 aromatic rings. The lowest BCUT2D eigenvalue weighted by Crippen LogP contribution is -2.24. The van der Waals surface area contributed by atoms with Gasteiger partial charge in [0.05, 0.1) is 17.6 Å². The van der Waals surface area contributed by atoms with Gasteiger partial charge in [0.2, 0.25) is 10.0 Å². The number of benzene rings is 2. The van der Waals surface area contributed by atoms with E-state index in [2.05, 4.69) is 21.2 Å². The van der Waals surface area contributed by atoms with Crippen LogP contribution in [0.4, 0.5) is 0 Å². The van der Waals surface area contributed by atoms with Crippen molar-refractivity contribution in [2.75, 3.05) is 7.11 Å². The van der Waals surface area contributed by atoms with Crippen LogP contribution in [-0.2, 0) is 16.6 Å².